The van der Waals surface area contributed by atoms with Gasteiger partial charge in [-0.25, -0.2) is 0 Å². The molecule has 0 aromatic heterocycles. The van der Waals surface area contributed by atoms with E-state index < -0.39 is 0 Å². The third-order valence-electron chi connectivity index (χ3n) is 4.03. The van der Waals surface area contributed by atoms with Gasteiger partial charge in [-0.3, -0.25) is 0 Å². The normalized spacial score (nSPS) is 22.2. The van der Waals surface area contributed by atoms with Crippen molar-refractivity contribution in [1.29, 1.82) is 0 Å². The zero-order chi connectivity index (χ0) is 14.5. The first-order chi connectivity index (χ1) is 9.62. The molecular formula is C16H25NO3. The minimum Gasteiger partial charge on any atom is -0.497 e. The quantitative estimate of drug-likeness (QED) is 0.867. The van der Waals surface area contributed by atoms with Crippen LogP contribution in [-0.2, 0) is 6.54 Å². The average molecular weight is 279 g/mol. The van der Waals surface area contributed by atoms with Crippen molar-refractivity contribution in [2.75, 3.05) is 27.8 Å². The summed E-state index contributed by atoms with van der Waals surface area (Å²) in [7, 11) is 5.42. The lowest BCUT2D eigenvalue weighted by atomic mass is 10.1. The number of ether oxygens (including phenoxy) is 2. The first-order valence-electron chi connectivity index (χ1n) is 7.21. The van der Waals surface area contributed by atoms with Crippen LogP contribution in [0.25, 0.3) is 0 Å². The van der Waals surface area contributed by atoms with E-state index >= 15 is 0 Å². The smallest absolute Gasteiger partial charge is 0.122 e. The van der Waals surface area contributed by atoms with Crippen molar-refractivity contribution >= 4 is 0 Å². The Hall–Kier alpha value is -1.26. The molecule has 1 aromatic rings. The van der Waals surface area contributed by atoms with Gasteiger partial charge in [-0.15, -0.1) is 0 Å². The first kappa shape index (κ1) is 15.1. The molecule has 0 heterocycles. The topological polar surface area (TPSA) is 41.9 Å². The molecule has 0 radical (unpaired) electrons. The Balaban J connectivity index is 1.97. The van der Waals surface area contributed by atoms with Crippen LogP contribution in [0.4, 0.5) is 0 Å². The van der Waals surface area contributed by atoms with E-state index in [2.05, 4.69) is 11.9 Å². The number of benzene rings is 1. The Morgan fingerprint density at radius 2 is 1.80 bits per heavy atom. The summed E-state index contributed by atoms with van der Waals surface area (Å²) in [6.45, 7) is 1.76. The van der Waals surface area contributed by atoms with Crippen LogP contribution >= 0.6 is 0 Å². The average Bonchev–Trinajstić information content (AvgIpc) is 2.83. The molecule has 1 aliphatic carbocycles. The summed E-state index contributed by atoms with van der Waals surface area (Å²) in [4.78, 5) is 2.26. The Kier molecular flexibility index (Phi) is 5.26. The molecule has 20 heavy (non-hydrogen) atoms. The van der Waals surface area contributed by atoms with Gasteiger partial charge in [0.15, 0.2) is 0 Å². The van der Waals surface area contributed by atoms with Gasteiger partial charge in [0.1, 0.15) is 11.5 Å². The van der Waals surface area contributed by atoms with Crippen molar-refractivity contribution in [2.45, 2.75) is 31.9 Å². The van der Waals surface area contributed by atoms with Crippen molar-refractivity contribution < 1.29 is 14.6 Å². The lowest BCUT2D eigenvalue weighted by Gasteiger charge is -2.23. The number of nitrogens with zero attached hydrogens (tertiary/aromatic N) is 1. The largest absolute Gasteiger partial charge is 0.497 e. The van der Waals surface area contributed by atoms with Crippen molar-refractivity contribution in [1.82, 2.24) is 4.90 Å². The number of rotatable bonds is 6. The maximum Gasteiger partial charge on any atom is 0.122 e. The minimum atomic E-state index is -0.128. The summed E-state index contributed by atoms with van der Waals surface area (Å²) in [5.41, 5.74) is 1.16. The van der Waals surface area contributed by atoms with Gasteiger partial charge in [-0.1, -0.05) is 6.42 Å². The van der Waals surface area contributed by atoms with E-state index in [-0.39, 0.29) is 6.10 Å². The van der Waals surface area contributed by atoms with Crippen molar-refractivity contribution in [3.05, 3.63) is 23.8 Å². The maximum absolute atomic E-state index is 9.90. The van der Waals surface area contributed by atoms with Gasteiger partial charge in [0, 0.05) is 19.2 Å². The molecule has 1 saturated carbocycles. The molecule has 0 spiro atoms. The fraction of sp³-hybridized carbons (Fsp3) is 0.625. The molecule has 0 saturated heterocycles. The Morgan fingerprint density at radius 3 is 2.30 bits per heavy atom. The molecule has 1 aliphatic rings. The predicted octanol–water partition coefficient (Wildman–Crippen LogP) is 2.30. The SMILES string of the molecule is COc1cc(CN(C)CC2CCCC2O)cc(OC)c1. The van der Waals surface area contributed by atoms with Crippen LogP contribution in [0.5, 0.6) is 11.5 Å². The summed E-state index contributed by atoms with van der Waals surface area (Å²) in [5, 5.41) is 9.90. The van der Waals surface area contributed by atoms with Crippen molar-refractivity contribution in [3.63, 3.8) is 0 Å². The van der Waals surface area contributed by atoms with Crippen LogP contribution in [-0.4, -0.2) is 43.9 Å². The number of aliphatic hydroxyl groups excluding tert-OH is 1. The minimum absolute atomic E-state index is 0.128. The molecule has 4 heteroatoms. The third kappa shape index (κ3) is 3.87. The number of hydrogen-bond donors (Lipinski definition) is 1. The molecule has 2 rings (SSSR count). The van der Waals surface area contributed by atoms with E-state index in [4.69, 9.17) is 9.47 Å². The Morgan fingerprint density at radius 1 is 1.15 bits per heavy atom. The summed E-state index contributed by atoms with van der Waals surface area (Å²) in [5.74, 6) is 2.04. The highest BCUT2D eigenvalue weighted by molar-refractivity contribution is 5.38. The molecule has 2 atom stereocenters. The highest BCUT2D eigenvalue weighted by atomic mass is 16.5. The van der Waals surface area contributed by atoms with Crippen LogP contribution in [0.3, 0.4) is 0 Å². The molecule has 0 aliphatic heterocycles. The Labute approximate surface area is 121 Å². The van der Waals surface area contributed by atoms with Gasteiger partial charge in [0.25, 0.3) is 0 Å². The number of methoxy groups -OCH3 is 2. The lowest BCUT2D eigenvalue weighted by Crippen LogP contribution is -2.29. The summed E-state index contributed by atoms with van der Waals surface area (Å²) >= 11 is 0. The molecule has 1 fully saturated rings. The van der Waals surface area contributed by atoms with E-state index in [1.165, 1.54) is 0 Å². The van der Waals surface area contributed by atoms with Crippen molar-refractivity contribution in [2.24, 2.45) is 5.92 Å². The number of aliphatic hydroxyl groups is 1. The van der Waals surface area contributed by atoms with Crippen LogP contribution in [0, 0.1) is 5.92 Å². The standard InChI is InChI=1S/C16H25NO3/c1-17(11-13-5-4-6-16(13)18)10-12-7-14(19-2)9-15(8-12)20-3/h7-9,13,16,18H,4-6,10-11H2,1-3H3. The fourth-order valence-electron chi connectivity index (χ4n) is 2.96. The molecular weight excluding hydrogens is 254 g/mol. The Bertz CT molecular complexity index is 413. The van der Waals surface area contributed by atoms with Gasteiger partial charge >= 0.3 is 0 Å². The van der Waals surface area contributed by atoms with Gasteiger partial charge in [-0.05, 0) is 43.5 Å². The van der Waals surface area contributed by atoms with E-state index in [0.29, 0.717) is 5.92 Å². The highest BCUT2D eigenvalue weighted by Crippen LogP contribution is 2.27. The van der Waals surface area contributed by atoms with E-state index in [0.717, 1.165) is 49.4 Å². The predicted molar refractivity (Wildman–Crippen MR) is 79.2 cm³/mol. The third-order valence-corrected chi connectivity index (χ3v) is 4.03. The van der Waals surface area contributed by atoms with Gasteiger partial charge in [-0.2, -0.15) is 0 Å². The number of hydrogen-bond acceptors (Lipinski definition) is 4. The van der Waals surface area contributed by atoms with Crippen molar-refractivity contribution in [3.8, 4) is 11.5 Å². The maximum atomic E-state index is 9.90. The van der Waals surface area contributed by atoms with Crippen LogP contribution in [0.15, 0.2) is 18.2 Å². The van der Waals surface area contributed by atoms with Crippen LogP contribution in [0.1, 0.15) is 24.8 Å². The zero-order valence-corrected chi connectivity index (χ0v) is 12.6. The van der Waals surface area contributed by atoms with E-state index in [1.807, 2.05) is 18.2 Å². The molecule has 0 amide bonds. The van der Waals surface area contributed by atoms with E-state index in [1.54, 1.807) is 14.2 Å². The van der Waals surface area contributed by atoms with Gasteiger partial charge < -0.3 is 19.5 Å². The molecule has 2 unspecified atom stereocenters. The highest BCUT2D eigenvalue weighted by Gasteiger charge is 2.26. The molecule has 1 N–H and O–H groups in total. The zero-order valence-electron chi connectivity index (χ0n) is 12.6. The monoisotopic (exact) mass is 279 g/mol. The lowest BCUT2D eigenvalue weighted by molar-refractivity contribution is 0.108. The second-order valence-corrected chi connectivity index (χ2v) is 5.68. The summed E-state index contributed by atoms with van der Waals surface area (Å²) in [6, 6.07) is 5.94. The van der Waals surface area contributed by atoms with Crippen LogP contribution in [0.2, 0.25) is 0 Å². The molecule has 0 bridgehead atoms. The van der Waals surface area contributed by atoms with Gasteiger partial charge in [0.05, 0.1) is 20.3 Å². The van der Waals surface area contributed by atoms with E-state index in [9.17, 15) is 5.11 Å². The van der Waals surface area contributed by atoms with Gasteiger partial charge in [0.2, 0.25) is 0 Å². The summed E-state index contributed by atoms with van der Waals surface area (Å²) < 4.78 is 10.6. The van der Waals surface area contributed by atoms with Crippen LogP contribution < -0.4 is 9.47 Å². The first-order valence-corrected chi connectivity index (χ1v) is 7.21. The fourth-order valence-corrected chi connectivity index (χ4v) is 2.96. The molecule has 4 nitrogen and oxygen atoms in total. The molecule has 112 valence electrons. The second kappa shape index (κ2) is 6.95. The summed E-state index contributed by atoms with van der Waals surface area (Å²) in [6.07, 6.45) is 3.10. The molecule has 1 aromatic carbocycles. The second-order valence-electron chi connectivity index (χ2n) is 5.68.